The molecule has 0 aromatic heterocycles. The third-order valence-corrected chi connectivity index (χ3v) is 6.47. The monoisotopic (exact) mass is 470 g/mol. The van der Waals surface area contributed by atoms with E-state index in [0.717, 1.165) is 30.6 Å². The van der Waals surface area contributed by atoms with Gasteiger partial charge in [0.25, 0.3) is 0 Å². The Labute approximate surface area is 202 Å². The third-order valence-electron chi connectivity index (χ3n) is 6.47. The molecule has 186 valence electrons. The van der Waals surface area contributed by atoms with Crippen LogP contribution in [0.3, 0.4) is 0 Å². The topological polar surface area (TPSA) is 82.2 Å². The Kier molecular flexibility index (Phi) is 8.72. The highest BCUT2D eigenvalue weighted by Crippen LogP contribution is 2.33. The summed E-state index contributed by atoms with van der Waals surface area (Å²) in [7, 11) is 1.69. The van der Waals surface area contributed by atoms with E-state index >= 15 is 0 Å². The number of carbonyl (C=O) groups excluding carboxylic acids is 3. The summed E-state index contributed by atoms with van der Waals surface area (Å²) in [6.45, 7) is 11.4. The van der Waals surface area contributed by atoms with Crippen molar-refractivity contribution in [3.05, 3.63) is 46.7 Å². The van der Waals surface area contributed by atoms with Crippen molar-refractivity contribution in [1.29, 1.82) is 0 Å². The minimum Gasteiger partial charge on any atom is -0.463 e. The Morgan fingerprint density at radius 2 is 1.88 bits per heavy atom. The van der Waals surface area contributed by atoms with E-state index in [2.05, 4.69) is 24.1 Å². The average molecular weight is 471 g/mol. The van der Waals surface area contributed by atoms with Crippen LogP contribution < -0.4 is 5.32 Å². The van der Waals surface area contributed by atoms with Crippen molar-refractivity contribution in [1.82, 2.24) is 20.0 Å². The molecule has 1 atom stereocenters. The first kappa shape index (κ1) is 25.7. The number of amides is 3. The lowest BCUT2D eigenvalue weighted by Crippen LogP contribution is -2.49. The maximum atomic E-state index is 13.2. The molecule has 0 radical (unpaired) electrons. The van der Waals surface area contributed by atoms with Gasteiger partial charge in [-0.2, -0.15) is 0 Å². The van der Waals surface area contributed by atoms with Gasteiger partial charge >= 0.3 is 12.0 Å². The molecule has 1 saturated heterocycles. The fourth-order valence-corrected chi connectivity index (χ4v) is 4.61. The lowest BCUT2D eigenvalue weighted by atomic mass is 9.91. The molecule has 2 heterocycles. The fraction of sp³-hybridized carbons (Fsp3) is 0.577. The van der Waals surface area contributed by atoms with Crippen LogP contribution in [0.5, 0.6) is 0 Å². The van der Waals surface area contributed by atoms with Crippen molar-refractivity contribution in [2.75, 3.05) is 46.4 Å². The van der Waals surface area contributed by atoms with Gasteiger partial charge in [0, 0.05) is 51.9 Å². The molecule has 3 amide bonds. The van der Waals surface area contributed by atoms with Gasteiger partial charge in [-0.15, -0.1) is 0 Å². The second-order valence-corrected chi connectivity index (χ2v) is 9.49. The Balaban J connectivity index is 1.91. The van der Waals surface area contributed by atoms with Gasteiger partial charge in [0.15, 0.2) is 0 Å². The molecule has 0 bridgehead atoms. The Bertz CT molecular complexity index is 942. The van der Waals surface area contributed by atoms with Crippen LogP contribution in [0.4, 0.5) is 4.79 Å². The van der Waals surface area contributed by atoms with Crippen LogP contribution >= 0.6 is 0 Å². The minimum atomic E-state index is -0.574. The first-order valence-electron chi connectivity index (χ1n) is 12.2. The minimum absolute atomic E-state index is 0.192. The third kappa shape index (κ3) is 5.97. The number of benzene rings is 1. The zero-order valence-electron chi connectivity index (χ0n) is 21.1. The number of carbonyl (C=O) groups is 3. The van der Waals surface area contributed by atoms with Gasteiger partial charge in [0.1, 0.15) is 0 Å². The summed E-state index contributed by atoms with van der Waals surface area (Å²) in [5, 5.41) is 2.99. The van der Waals surface area contributed by atoms with E-state index < -0.39 is 12.0 Å². The van der Waals surface area contributed by atoms with Gasteiger partial charge < -0.3 is 15.0 Å². The van der Waals surface area contributed by atoms with Gasteiger partial charge in [0.05, 0.1) is 18.2 Å². The van der Waals surface area contributed by atoms with Crippen LogP contribution in [0, 0.1) is 12.8 Å². The van der Waals surface area contributed by atoms with Gasteiger partial charge in [0.2, 0.25) is 5.91 Å². The predicted molar refractivity (Wildman–Crippen MR) is 131 cm³/mol. The van der Waals surface area contributed by atoms with E-state index in [0.29, 0.717) is 43.2 Å². The van der Waals surface area contributed by atoms with Gasteiger partial charge in [-0.3, -0.25) is 14.6 Å². The number of hydrogen-bond donors (Lipinski definition) is 1. The maximum Gasteiger partial charge on any atom is 0.338 e. The number of urea groups is 1. The van der Waals surface area contributed by atoms with Crippen LogP contribution in [-0.4, -0.2) is 79.0 Å². The number of ether oxygens (including phenoxy) is 1. The van der Waals surface area contributed by atoms with Crippen molar-refractivity contribution in [2.45, 2.75) is 46.6 Å². The smallest absolute Gasteiger partial charge is 0.338 e. The highest BCUT2D eigenvalue weighted by Gasteiger charge is 2.38. The van der Waals surface area contributed by atoms with Crippen LogP contribution in [0.1, 0.15) is 50.8 Å². The summed E-state index contributed by atoms with van der Waals surface area (Å²) in [6.07, 6.45) is 1.40. The number of rotatable bonds is 7. The second-order valence-electron chi connectivity index (χ2n) is 9.49. The van der Waals surface area contributed by atoms with Crippen molar-refractivity contribution < 1.29 is 19.1 Å². The van der Waals surface area contributed by atoms with Gasteiger partial charge in [-0.25, -0.2) is 9.59 Å². The van der Waals surface area contributed by atoms with Crippen LogP contribution in [0.15, 0.2) is 35.5 Å². The lowest BCUT2D eigenvalue weighted by molar-refractivity contribution is -0.139. The fourth-order valence-electron chi connectivity index (χ4n) is 4.61. The van der Waals surface area contributed by atoms with Crippen LogP contribution in [0.25, 0.3) is 0 Å². The summed E-state index contributed by atoms with van der Waals surface area (Å²) in [6, 6.07) is 6.93. The molecule has 8 nitrogen and oxygen atoms in total. The van der Waals surface area contributed by atoms with E-state index in [1.807, 2.05) is 36.1 Å². The molecule has 0 saturated carbocycles. The molecular formula is C26H38N4O4. The Morgan fingerprint density at radius 1 is 1.15 bits per heavy atom. The normalized spacial score (nSPS) is 19.8. The molecule has 1 aromatic rings. The molecule has 0 spiro atoms. The largest absolute Gasteiger partial charge is 0.463 e. The van der Waals surface area contributed by atoms with E-state index in [1.54, 1.807) is 14.0 Å². The predicted octanol–water partition coefficient (Wildman–Crippen LogP) is 3.09. The molecule has 0 aliphatic carbocycles. The SMILES string of the molecule is CCOC(=O)C1=C(CN2CCCN(C(=O)CC(C)C)CC2)N(C)C(=O)NC1c1ccccc1C. The first-order chi connectivity index (χ1) is 16.2. The molecule has 1 unspecified atom stereocenters. The van der Waals surface area contributed by atoms with Crippen molar-refractivity contribution in [2.24, 2.45) is 5.92 Å². The molecule has 1 N–H and O–H groups in total. The number of nitrogens with one attached hydrogen (secondary N) is 1. The van der Waals surface area contributed by atoms with Crippen molar-refractivity contribution in [3.8, 4) is 0 Å². The zero-order chi connectivity index (χ0) is 24.8. The number of hydrogen-bond acceptors (Lipinski definition) is 5. The summed E-state index contributed by atoms with van der Waals surface area (Å²) in [4.78, 5) is 44.4. The van der Waals surface area contributed by atoms with Crippen LogP contribution in [0.2, 0.25) is 0 Å². The highest BCUT2D eigenvalue weighted by atomic mass is 16.5. The Hall–Kier alpha value is -2.87. The highest BCUT2D eigenvalue weighted by molar-refractivity contribution is 5.95. The van der Waals surface area contributed by atoms with E-state index in [-0.39, 0.29) is 18.5 Å². The number of esters is 1. The quantitative estimate of drug-likeness (QED) is 0.620. The Morgan fingerprint density at radius 3 is 2.56 bits per heavy atom. The molecule has 3 rings (SSSR count). The van der Waals surface area contributed by atoms with E-state index in [9.17, 15) is 14.4 Å². The van der Waals surface area contributed by atoms with E-state index in [4.69, 9.17) is 4.74 Å². The van der Waals surface area contributed by atoms with Crippen molar-refractivity contribution >= 4 is 17.9 Å². The second kappa shape index (κ2) is 11.5. The summed E-state index contributed by atoms with van der Waals surface area (Å²) in [5.41, 5.74) is 2.99. The number of aryl methyl sites for hydroxylation is 1. The number of nitrogens with zero attached hydrogens (tertiary/aromatic N) is 3. The molecule has 1 aromatic carbocycles. The summed E-state index contributed by atoms with van der Waals surface area (Å²) >= 11 is 0. The van der Waals surface area contributed by atoms with Crippen molar-refractivity contribution in [3.63, 3.8) is 0 Å². The molecule has 34 heavy (non-hydrogen) atoms. The van der Waals surface area contributed by atoms with E-state index in [1.165, 1.54) is 4.90 Å². The zero-order valence-corrected chi connectivity index (χ0v) is 21.1. The molecule has 1 fully saturated rings. The molecule has 8 heteroatoms. The maximum absolute atomic E-state index is 13.2. The standard InChI is InChI=1S/C26H38N4O4/c1-6-34-25(32)23-21(17-29-12-9-13-30(15-14-29)22(31)16-18(2)3)28(5)26(33)27-24(23)20-11-8-7-10-19(20)4/h7-8,10-11,18,24H,6,9,12-17H2,1-5H3,(H,27,33). The average Bonchev–Trinajstić information content (AvgIpc) is 3.02. The van der Waals surface area contributed by atoms with Crippen LogP contribution in [-0.2, 0) is 14.3 Å². The van der Waals surface area contributed by atoms with Gasteiger partial charge in [-0.05, 0) is 37.3 Å². The van der Waals surface area contributed by atoms with Gasteiger partial charge in [-0.1, -0.05) is 38.1 Å². The molecule has 2 aliphatic rings. The summed E-state index contributed by atoms with van der Waals surface area (Å²) in [5.74, 6) is 0.107. The molecular weight excluding hydrogens is 432 g/mol. The lowest BCUT2D eigenvalue weighted by Gasteiger charge is -2.37. The molecule has 2 aliphatic heterocycles. The number of likely N-dealkylation sites (N-methyl/N-ethyl adjacent to an activating group) is 1. The first-order valence-corrected chi connectivity index (χ1v) is 12.2. The summed E-state index contributed by atoms with van der Waals surface area (Å²) < 4.78 is 5.44.